The van der Waals surface area contributed by atoms with Crippen molar-refractivity contribution in [2.45, 2.75) is 55.0 Å². The van der Waals surface area contributed by atoms with Gasteiger partial charge >= 0.3 is 0 Å². The molecule has 1 atom stereocenters. The monoisotopic (exact) mass is 330 g/mol. The molecule has 0 radical (unpaired) electrons. The van der Waals surface area contributed by atoms with Gasteiger partial charge in [0.05, 0.1) is 6.54 Å². The van der Waals surface area contributed by atoms with Crippen LogP contribution in [0.2, 0.25) is 0 Å². The van der Waals surface area contributed by atoms with E-state index in [0.29, 0.717) is 30.1 Å². The van der Waals surface area contributed by atoms with Crippen molar-refractivity contribution in [3.63, 3.8) is 0 Å². The summed E-state index contributed by atoms with van der Waals surface area (Å²) in [6, 6.07) is 3.86. The SMILES string of the molecule is O=S(=O)(NCC1CCCCS1)c1ccc(CNC2CC2)o1. The van der Waals surface area contributed by atoms with Crippen LogP contribution in [0.3, 0.4) is 0 Å². The van der Waals surface area contributed by atoms with E-state index in [1.54, 1.807) is 12.1 Å². The van der Waals surface area contributed by atoms with Crippen LogP contribution in [0.4, 0.5) is 0 Å². The smallest absolute Gasteiger partial charge is 0.273 e. The van der Waals surface area contributed by atoms with Crippen LogP contribution in [-0.4, -0.2) is 32.0 Å². The van der Waals surface area contributed by atoms with Crippen molar-refractivity contribution in [2.75, 3.05) is 12.3 Å². The second kappa shape index (κ2) is 6.73. The zero-order valence-electron chi connectivity index (χ0n) is 12.0. The average Bonchev–Trinajstić information content (AvgIpc) is 3.20. The molecule has 0 aromatic carbocycles. The minimum absolute atomic E-state index is 0.0240. The van der Waals surface area contributed by atoms with Gasteiger partial charge in [0.1, 0.15) is 5.76 Å². The molecule has 3 rings (SSSR count). The largest absolute Gasteiger partial charge is 0.447 e. The van der Waals surface area contributed by atoms with E-state index < -0.39 is 10.0 Å². The normalized spacial score (nSPS) is 23.3. The van der Waals surface area contributed by atoms with Gasteiger partial charge in [0.15, 0.2) is 0 Å². The minimum atomic E-state index is -3.52. The molecule has 1 aromatic rings. The summed E-state index contributed by atoms with van der Waals surface area (Å²) in [4.78, 5) is 0. The van der Waals surface area contributed by atoms with E-state index in [-0.39, 0.29) is 5.09 Å². The fourth-order valence-electron chi connectivity index (χ4n) is 2.37. The topological polar surface area (TPSA) is 71.3 Å². The lowest BCUT2D eigenvalue weighted by atomic mass is 10.2. The van der Waals surface area contributed by atoms with Crippen molar-refractivity contribution in [2.24, 2.45) is 0 Å². The maximum atomic E-state index is 12.2. The summed E-state index contributed by atoms with van der Waals surface area (Å²) in [7, 11) is -3.52. The van der Waals surface area contributed by atoms with Crippen molar-refractivity contribution in [1.82, 2.24) is 10.0 Å². The molecular formula is C14H22N2O3S2. The van der Waals surface area contributed by atoms with E-state index in [0.717, 1.165) is 12.2 Å². The lowest BCUT2D eigenvalue weighted by molar-refractivity contribution is 0.399. The number of rotatable bonds is 7. The van der Waals surface area contributed by atoms with Gasteiger partial charge in [0.2, 0.25) is 5.09 Å². The van der Waals surface area contributed by atoms with Crippen molar-refractivity contribution in [3.05, 3.63) is 17.9 Å². The van der Waals surface area contributed by atoms with Crippen LogP contribution in [0, 0.1) is 0 Å². The Bertz CT molecular complexity index is 561. The average molecular weight is 330 g/mol. The molecule has 21 heavy (non-hydrogen) atoms. The summed E-state index contributed by atoms with van der Waals surface area (Å²) in [5, 5.41) is 3.72. The Morgan fingerprint density at radius 2 is 2.10 bits per heavy atom. The van der Waals surface area contributed by atoms with Crippen LogP contribution < -0.4 is 10.0 Å². The summed E-state index contributed by atoms with van der Waals surface area (Å²) in [5.74, 6) is 1.80. The van der Waals surface area contributed by atoms with Crippen LogP contribution in [0.1, 0.15) is 37.9 Å². The molecule has 2 N–H and O–H groups in total. The highest BCUT2D eigenvalue weighted by Gasteiger charge is 2.23. The van der Waals surface area contributed by atoms with Crippen molar-refractivity contribution in [1.29, 1.82) is 0 Å². The van der Waals surface area contributed by atoms with Gasteiger partial charge in [-0.15, -0.1) is 0 Å². The lowest BCUT2D eigenvalue weighted by Gasteiger charge is -2.20. The van der Waals surface area contributed by atoms with Gasteiger partial charge in [0.25, 0.3) is 10.0 Å². The molecule has 1 saturated heterocycles. The molecule has 2 aliphatic rings. The van der Waals surface area contributed by atoms with Crippen molar-refractivity contribution < 1.29 is 12.8 Å². The number of hydrogen-bond donors (Lipinski definition) is 2. The van der Waals surface area contributed by atoms with E-state index in [1.807, 2.05) is 11.8 Å². The Morgan fingerprint density at radius 3 is 2.81 bits per heavy atom. The Morgan fingerprint density at radius 1 is 1.24 bits per heavy atom. The third-order valence-electron chi connectivity index (χ3n) is 3.82. The Labute approximate surface area is 130 Å². The first kappa shape index (κ1) is 15.4. The molecule has 1 saturated carbocycles. The molecule has 7 heteroatoms. The summed E-state index contributed by atoms with van der Waals surface area (Å²) in [6.07, 6.45) is 5.92. The highest BCUT2D eigenvalue weighted by molar-refractivity contribution is 8.00. The minimum Gasteiger partial charge on any atom is -0.447 e. The van der Waals surface area contributed by atoms with Gasteiger partial charge in [-0.1, -0.05) is 6.42 Å². The molecule has 2 heterocycles. The number of sulfonamides is 1. The van der Waals surface area contributed by atoms with Gasteiger partial charge in [-0.3, -0.25) is 0 Å². The van der Waals surface area contributed by atoms with E-state index >= 15 is 0 Å². The molecule has 5 nitrogen and oxygen atoms in total. The highest BCUT2D eigenvalue weighted by atomic mass is 32.2. The maximum absolute atomic E-state index is 12.2. The predicted octanol–water partition coefficient (Wildman–Crippen LogP) is 2.10. The van der Waals surface area contributed by atoms with Crippen LogP contribution >= 0.6 is 11.8 Å². The Balaban J connectivity index is 1.53. The number of hydrogen-bond acceptors (Lipinski definition) is 5. The quantitative estimate of drug-likeness (QED) is 0.801. The molecule has 1 unspecified atom stereocenters. The third-order valence-corrected chi connectivity index (χ3v) is 6.51. The highest BCUT2D eigenvalue weighted by Crippen LogP contribution is 2.25. The molecule has 2 fully saturated rings. The van der Waals surface area contributed by atoms with Crippen LogP contribution in [0.15, 0.2) is 21.6 Å². The first-order valence-electron chi connectivity index (χ1n) is 7.57. The standard InChI is InChI=1S/C14H22N2O3S2/c17-21(18,16-10-13-3-1-2-8-20-13)14-7-6-12(19-14)9-15-11-4-5-11/h6-7,11,13,15-16H,1-5,8-10H2. The fourth-order valence-corrected chi connectivity index (χ4v) is 4.74. The van der Waals surface area contributed by atoms with Gasteiger partial charge in [-0.2, -0.15) is 11.8 Å². The second-order valence-corrected chi connectivity index (χ2v) is 8.82. The van der Waals surface area contributed by atoms with Crippen molar-refractivity contribution in [3.8, 4) is 0 Å². The molecular weight excluding hydrogens is 308 g/mol. The number of thioether (sulfide) groups is 1. The molecule has 118 valence electrons. The maximum Gasteiger partial charge on any atom is 0.273 e. The molecule has 0 amide bonds. The molecule has 1 aromatic heterocycles. The summed E-state index contributed by atoms with van der Waals surface area (Å²) < 4.78 is 32.5. The van der Waals surface area contributed by atoms with Gasteiger partial charge in [-0.05, 0) is 43.6 Å². The zero-order chi connectivity index (χ0) is 14.7. The van der Waals surface area contributed by atoms with Crippen LogP contribution in [-0.2, 0) is 16.6 Å². The van der Waals surface area contributed by atoms with E-state index in [2.05, 4.69) is 10.0 Å². The predicted molar refractivity (Wildman–Crippen MR) is 83.9 cm³/mol. The summed E-state index contributed by atoms with van der Waals surface area (Å²) in [5.41, 5.74) is 0. The number of furan rings is 1. The third kappa shape index (κ3) is 4.48. The van der Waals surface area contributed by atoms with E-state index in [9.17, 15) is 8.42 Å². The Hall–Kier alpha value is -0.500. The fraction of sp³-hybridized carbons (Fsp3) is 0.714. The van der Waals surface area contributed by atoms with Crippen LogP contribution in [0.5, 0.6) is 0 Å². The van der Waals surface area contributed by atoms with E-state index in [1.165, 1.54) is 25.7 Å². The first-order chi connectivity index (χ1) is 10.1. The molecule has 1 aliphatic heterocycles. The summed E-state index contributed by atoms with van der Waals surface area (Å²) in [6.45, 7) is 1.09. The van der Waals surface area contributed by atoms with Gasteiger partial charge < -0.3 is 9.73 Å². The van der Waals surface area contributed by atoms with Gasteiger partial charge in [0, 0.05) is 17.8 Å². The number of nitrogens with one attached hydrogen (secondary N) is 2. The molecule has 1 aliphatic carbocycles. The second-order valence-electron chi connectivity index (χ2n) is 5.72. The zero-order valence-corrected chi connectivity index (χ0v) is 13.6. The summed E-state index contributed by atoms with van der Waals surface area (Å²) >= 11 is 1.85. The van der Waals surface area contributed by atoms with Gasteiger partial charge in [-0.25, -0.2) is 13.1 Å². The van der Waals surface area contributed by atoms with E-state index in [4.69, 9.17) is 4.42 Å². The lowest BCUT2D eigenvalue weighted by Crippen LogP contribution is -2.31. The van der Waals surface area contributed by atoms with Crippen LogP contribution in [0.25, 0.3) is 0 Å². The molecule has 0 spiro atoms. The first-order valence-corrected chi connectivity index (χ1v) is 10.1. The molecule has 0 bridgehead atoms. The Kier molecular flexibility index (Phi) is 4.93. The van der Waals surface area contributed by atoms with Crippen molar-refractivity contribution >= 4 is 21.8 Å².